The second-order valence-corrected chi connectivity index (χ2v) is 7.04. The van der Waals surface area contributed by atoms with Crippen molar-refractivity contribution in [1.82, 2.24) is 19.0 Å². The lowest BCUT2D eigenvalue weighted by molar-refractivity contribution is -0.166. The highest BCUT2D eigenvalue weighted by Crippen LogP contribution is 2.28. The van der Waals surface area contributed by atoms with E-state index in [2.05, 4.69) is 4.98 Å². The molecule has 1 aliphatic heterocycles. The van der Waals surface area contributed by atoms with Gasteiger partial charge in [0.2, 0.25) is 5.91 Å². The normalized spacial score (nSPS) is 15.7. The summed E-state index contributed by atoms with van der Waals surface area (Å²) in [5.74, 6) is -3.85. The molecule has 0 saturated carbocycles. The molecule has 1 aromatic carbocycles. The van der Waals surface area contributed by atoms with Gasteiger partial charge in [-0.3, -0.25) is 13.9 Å². The summed E-state index contributed by atoms with van der Waals surface area (Å²) >= 11 is 0. The molecule has 0 aliphatic carbocycles. The van der Waals surface area contributed by atoms with Crippen molar-refractivity contribution in [3.63, 3.8) is 0 Å². The van der Waals surface area contributed by atoms with Gasteiger partial charge < -0.3 is 4.90 Å². The number of hydrogen-bond acceptors (Lipinski definition) is 3. The largest absolute Gasteiger partial charge is 0.330 e. The van der Waals surface area contributed by atoms with Gasteiger partial charge in [0.25, 0.3) is 5.92 Å². The van der Waals surface area contributed by atoms with Crippen molar-refractivity contribution in [2.75, 3.05) is 13.1 Å². The second kappa shape index (κ2) is 6.22. The zero-order valence-corrected chi connectivity index (χ0v) is 15.2. The molecule has 1 saturated heterocycles. The van der Waals surface area contributed by atoms with Gasteiger partial charge in [-0.05, 0) is 18.6 Å². The first-order valence-corrected chi connectivity index (χ1v) is 8.64. The van der Waals surface area contributed by atoms with Gasteiger partial charge in [-0.1, -0.05) is 18.2 Å². The number of pyridine rings is 1. The van der Waals surface area contributed by atoms with Crippen LogP contribution in [0, 0.1) is 12.7 Å². The molecule has 3 heterocycles. The third-order valence-electron chi connectivity index (χ3n) is 4.97. The molecule has 0 spiro atoms. The summed E-state index contributed by atoms with van der Waals surface area (Å²) in [6.07, 6.45) is 1.46. The van der Waals surface area contributed by atoms with Crippen LogP contribution in [0.4, 0.5) is 13.2 Å². The van der Waals surface area contributed by atoms with Crippen LogP contribution >= 0.6 is 0 Å². The van der Waals surface area contributed by atoms with Crippen LogP contribution in [0.25, 0.3) is 22.3 Å². The quantitative estimate of drug-likeness (QED) is 0.690. The average molecular weight is 390 g/mol. The number of aryl methyl sites for hydroxylation is 2. The standard InChI is InChI=1S/C19H17F3N4O2/c1-11-4-3-5-13(16(11)20)12-6-14-17(23-7-12)24(2)18(28)26(14)8-15(27)25-9-19(21,22)10-25/h3-7H,8-10H2,1-2H3. The van der Waals surface area contributed by atoms with Crippen LogP contribution in [0.5, 0.6) is 0 Å². The summed E-state index contributed by atoms with van der Waals surface area (Å²) in [5, 5.41) is 0. The van der Waals surface area contributed by atoms with Crippen LogP contribution in [0.1, 0.15) is 5.56 Å². The fourth-order valence-electron chi connectivity index (χ4n) is 3.37. The molecule has 0 N–H and O–H groups in total. The number of fused-ring (bicyclic) bond motifs is 1. The number of amides is 1. The minimum Gasteiger partial charge on any atom is -0.329 e. The van der Waals surface area contributed by atoms with E-state index in [1.165, 1.54) is 22.4 Å². The Bertz CT molecular complexity index is 1160. The first-order valence-electron chi connectivity index (χ1n) is 8.64. The molecule has 0 atom stereocenters. The minimum absolute atomic E-state index is 0.323. The number of alkyl halides is 2. The highest BCUT2D eigenvalue weighted by Gasteiger charge is 2.46. The molecule has 28 heavy (non-hydrogen) atoms. The zero-order valence-electron chi connectivity index (χ0n) is 15.2. The summed E-state index contributed by atoms with van der Waals surface area (Å²) in [6.45, 7) is -0.0366. The number of likely N-dealkylation sites (tertiary alicyclic amines) is 1. The highest BCUT2D eigenvalue weighted by molar-refractivity contribution is 5.82. The van der Waals surface area contributed by atoms with Crippen molar-refractivity contribution in [3.8, 4) is 11.1 Å². The molecule has 3 aromatic rings. The third-order valence-corrected chi connectivity index (χ3v) is 4.97. The van der Waals surface area contributed by atoms with Crippen LogP contribution in [0.2, 0.25) is 0 Å². The summed E-state index contributed by atoms with van der Waals surface area (Å²) in [7, 11) is 1.50. The van der Waals surface area contributed by atoms with Crippen molar-refractivity contribution in [3.05, 3.63) is 52.3 Å². The lowest BCUT2D eigenvalue weighted by Gasteiger charge is -2.38. The Kier molecular flexibility index (Phi) is 4.06. The molecule has 0 bridgehead atoms. The van der Waals surface area contributed by atoms with E-state index in [1.54, 1.807) is 31.2 Å². The molecule has 0 radical (unpaired) electrons. The molecule has 9 heteroatoms. The Hall–Kier alpha value is -3.10. The molecular weight excluding hydrogens is 373 g/mol. The van der Waals surface area contributed by atoms with Crippen LogP contribution in [0.3, 0.4) is 0 Å². The van der Waals surface area contributed by atoms with E-state index < -0.39 is 36.4 Å². The average Bonchev–Trinajstić information content (AvgIpc) is 2.86. The topological polar surface area (TPSA) is 60.1 Å². The number of imidazole rings is 1. The Morgan fingerprint density at radius 2 is 2.00 bits per heavy atom. The Morgan fingerprint density at radius 1 is 1.29 bits per heavy atom. The number of hydrogen-bond donors (Lipinski definition) is 0. The highest BCUT2D eigenvalue weighted by atomic mass is 19.3. The number of carbonyl (C=O) groups excluding carboxylic acids is 1. The maximum atomic E-state index is 14.5. The van der Waals surface area contributed by atoms with Crippen LogP contribution in [0.15, 0.2) is 35.3 Å². The molecular formula is C19H17F3N4O2. The van der Waals surface area contributed by atoms with Gasteiger partial charge >= 0.3 is 5.69 Å². The van der Waals surface area contributed by atoms with Gasteiger partial charge in [0, 0.05) is 24.4 Å². The third kappa shape index (κ3) is 2.87. The molecule has 0 unspecified atom stereocenters. The number of aromatic nitrogens is 3. The molecule has 6 nitrogen and oxygen atoms in total. The lowest BCUT2D eigenvalue weighted by atomic mass is 10.0. The predicted octanol–water partition coefficient (Wildman–Crippen LogP) is 2.33. The first kappa shape index (κ1) is 18.3. The molecule has 146 valence electrons. The van der Waals surface area contributed by atoms with E-state index in [0.29, 0.717) is 27.9 Å². The number of benzene rings is 1. The van der Waals surface area contributed by atoms with Gasteiger partial charge in [-0.25, -0.2) is 22.9 Å². The van der Waals surface area contributed by atoms with Crippen molar-refractivity contribution in [2.45, 2.75) is 19.4 Å². The Labute approximate surface area is 157 Å². The van der Waals surface area contributed by atoms with Gasteiger partial charge in [0.1, 0.15) is 12.4 Å². The summed E-state index contributed by atoms with van der Waals surface area (Å²) < 4.78 is 43.0. The van der Waals surface area contributed by atoms with Crippen molar-refractivity contribution in [1.29, 1.82) is 0 Å². The van der Waals surface area contributed by atoms with Crippen LogP contribution < -0.4 is 5.69 Å². The SMILES string of the molecule is Cc1cccc(-c2cnc3c(c2)n(CC(=O)N2CC(F)(F)C2)c(=O)n3C)c1F. The Morgan fingerprint density at radius 3 is 2.68 bits per heavy atom. The van der Waals surface area contributed by atoms with E-state index in [-0.39, 0.29) is 6.54 Å². The number of carbonyl (C=O) groups is 1. The fraction of sp³-hybridized carbons (Fsp3) is 0.316. The smallest absolute Gasteiger partial charge is 0.329 e. The molecule has 1 aliphatic rings. The van der Waals surface area contributed by atoms with Crippen molar-refractivity contribution < 1.29 is 18.0 Å². The van der Waals surface area contributed by atoms with E-state index in [4.69, 9.17) is 0 Å². The fourth-order valence-corrected chi connectivity index (χ4v) is 3.37. The van der Waals surface area contributed by atoms with Crippen molar-refractivity contribution in [2.24, 2.45) is 7.05 Å². The van der Waals surface area contributed by atoms with Gasteiger partial charge in [0.05, 0.1) is 18.6 Å². The molecule has 1 fully saturated rings. The molecule has 1 amide bonds. The van der Waals surface area contributed by atoms with Crippen molar-refractivity contribution >= 4 is 17.1 Å². The molecule has 2 aromatic heterocycles. The maximum absolute atomic E-state index is 14.5. The van der Waals surface area contributed by atoms with Gasteiger partial charge in [-0.15, -0.1) is 0 Å². The van der Waals surface area contributed by atoms with E-state index in [0.717, 1.165) is 4.90 Å². The Balaban J connectivity index is 1.76. The van der Waals surface area contributed by atoms with Crippen LogP contribution in [-0.4, -0.2) is 43.9 Å². The first-order chi connectivity index (χ1) is 13.2. The predicted molar refractivity (Wildman–Crippen MR) is 96.6 cm³/mol. The van der Waals surface area contributed by atoms with E-state index in [1.807, 2.05) is 0 Å². The number of rotatable bonds is 3. The molecule has 4 rings (SSSR count). The number of nitrogens with zero attached hydrogens (tertiary/aromatic N) is 4. The maximum Gasteiger partial charge on any atom is 0.330 e. The minimum atomic E-state index is -2.88. The summed E-state index contributed by atoms with van der Waals surface area (Å²) in [5.41, 5.74) is 1.42. The van der Waals surface area contributed by atoms with E-state index >= 15 is 0 Å². The second-order valence-electron chi connectivity index (χ2n) is 7.04. The number of halogens is 3. The van der Waals surface area contributed by atoms with Gasteiger partial charge in [-0.2, -0.15) is 0 Å². The summed E-state index contributed by atoms with van der Waals surface area (Å²) in [4.78, 5) is 30.1. The lowest BCUT2D eigenvalue weighted by Crippen LogP contribution is -2.59. The van der Waals surface area contributed by atoms with Gasteiger partial charge in [0.15, 0.2) is 5.65 Å². The summed E-state index contributed by atoms with van der Waals surface area (Å²) in [6, 6.07) is 6.54. The zero-order chi connectivity index (χ0) is 20.2. The van der Waals surface area contributed by atoms with E-state index in [9.17, 15) is 22.8 Å². The van der Waals surface area contributed by atoms with Crippen LogP contribution in [-0.2, 0) is 18.4 Å². The monoisotopic (exact) mass is 390 g/mol.